The summed E-state index contributed by atoms with van der Waals surface area (Å²) in [6.07, 6.45) is 14.0. The van der Waals surface area contributed by atoms with Gasteiger partial charge >= 0.3 is 0 Å². The van der Waals surface area contributed by atoms with E-state index in [1.54, 1.807) is 12.3 Å². The molecule has 2 aliphatic carbocycles. The van der Waals surface area contributed by atoms with E-state index in [-0.39, 0.29) is 0 Å². The Balaban J connectivity index is 1.69. The highest BCUT2D eigenvalue weighted by Crippen LogP contribution is 2.29. The normalized spacial score (nSPS) is 25.0. The van der Waals surface area contributed by atoms with Crippen molar-refractivity contribution in [2.75, 3.05) is 26.4 Å². The predicted molar refractivity (Wildman–Crippen MR) is 115 cm³/mol. The summed E-state index contributed by atoms with van der Waals surface area (Å²) in [4.78, 5) is 7.40. The molecule has 0 radical (unpaired) electrons. The van der Waals surface area contributed by atoms with Crippen LogP contribution in [0, 0.1) is 0 Å². The quantitative estimate of drug-likeness (QED) is 0.464. The standard InChI is InChI=1S/C23H32N2O6/c1-5-26-19-9-14-22(15-10-19,28-7-3)30-21-13-18-25(24-21)31-23(29-8-4)16-11-20(12-17-23)27-6-2/h9-14,16,18H,5-8,15,17H2,1-4H3. The van der Waals surface area contributed by atoms with Gasteiger partial charge < -0.3 is 28.5 Å². The lowest BCUT2D eigenvalue weighted by molar-refractivity contribution is -0.210. The SMILES string of the molecule is CCOC1=CCC(OCC)(Oc2ccn(OC3(OCC)C=CC(OCC)=CC3)n2)C=C1. The fourth-order valence-corrected chi connectivity index (χ4v) is 3.36. The van der Waals surface area contributed by atoms with Crippen LogP contribution in [0.1, 0.15) is 40.5 Å². The molecule has 1 heterocycles. The van der Waals surface area contributed by atoms with Crippen LogP contribution in [0.5, 0.6) is 5.88 Å². The van der Waals surface area contributed by atoms with Gasteiger partial charge in [-0.3, -0.25) is 0 Å². The van der Waals surface area contributed by atoms with Crippen molar-refractivity contribution in [3.8, 4) is 5.88 Å². The lowest BCUT2D eigenvalue weighted by atomic mass is 10.1. The largest absolute Gasteiger partial charge is 0.494 e. The molecule has 0 saturated carbocycles. The maximum absolute atomic E-state index is 6.11. The highest BCUT2D eigenvalue weighted by atomic mass is 16.8. The number of hydrogen-bond donors (Lipinski definition) is 0. The number of ether oxygens (including phenoxy) is 5. The van der Waals surface area contributed by atoms with E-state index in [2.05, 4.69) is 5.10 Å². The molecule has 0 saturated heterocycles. The Bertz CT molecular complexity index is 776. The summed E-state index contributed by atoms with van der Waals surface area (Å²) in [6, 6.07) is 1.73. The molecule has 170 valence electrons. The maximum atomic E-state index is 6.11. The molecule has 2 atom stereocenters. The first-order chi connectivity index (χ1) is 15.1. The third-order valence-electron chi connectivity index (χ3n) is 4.65. The molecule has 1 aromatic heterocycles. The third-order valence-corrected chi connectivity index (χ3v) is 4.65. The molecule has 2 unspecified atom stereocenters. The first-order valence-electron chi connectivity index (χ1n) is 10.8. The van der Waals surface area contributed by atoms with Crippen molar-refractivity contribution in [1.29, 1.82) is 0 Å². The lowest BCUT2D eigenvalue weighted by Crippen LogP contribution is -2.43. The van der Waals surface area contributed by atoms with Gasteiger partial charge in [0.1, 0.15) is 11.5 Å². The Morgan fingerprint density at radius 2 is 1.42 bits per heavy atom. The molecule has 0 fully saturated rings. The van der Waals surface area contributed by atoms with Crippen molar-refractivity contribution in [3.05, 3.63) is 60.2 Å². The number of nitrogens with zero attached hydrogens (tertiary/aromatic N) is 2. The van der Waals surface area contributed by atoms with Crippen LogP contribution in [-0.4, -0.2) is 47.9 Å². The molecule has 0 amide bonds. The fraction of sp³-hybridized carbons (Fsp3) is 0.522. The van der Waals surface area contributed by atoms with Gasteiger partial charge in [-0.25, -0.2) is 0 Å². The van der Waals surface area contributed by atoms with Crippen LogP contribution in [0.25, 0.3) is 0 Å². The van der Waals surface area contributed by atoms with Crippen LogP contribution < -0.4 is 9.57 Å². The molecule has 2 aliphatic rings. The molecule has 8 nitrogen and oxygen atoms in total. The van der Waals surface area contributed by atoms with Gasteiger partial charge in [0.15, 0.2) is 0 Å². The van der Waals surface area contributed by atoms with E-state index in [0.29, 0.717) is 45.1 Å². The minimum absolute atomic E-state index is 0.378. The maximum Gasteiger partial charge on any atom is 0.260 e. The van der Waals surface area contributed by atoms with E-state index >= 15 is 0 Å². The number of aromatic nitrogens is 2. The summed E-state index contributed by atoms with van der Waals surface area (Å²) in [5.74, 6) is 0.0799. The molecular weight excluding hydrogens is 400 g/mol. The zero-order valence-corrected chi connectivity index (χ0v) is 18.7. The zero-order chi connectivity index (χ0) is 22.2. The van der Waals surface area contributed by atoms with E-state index in [4.69, 9.17) is 28.5 Å². The Kier molecular flexibility index (Phi) is 7.81. The van der Waals surface area contributed by atoms with E-state index in [1.165, 1.54) is 4.85 Å². The van der Waals surface area contributed by atoms with Crippen LogP contribution >= 0.6 is 0 Å². The minimum atomic E-state index is -0.962. The predicted octanol–water partition coefficient (Wildman–Crippen LogP) is 3.92. The first-order valence-corrected chi connectivity index (χ1v) is 10.8. The van der Waals surface area contributed by atoms with E-state index < -0.39 is 11.6 Å². The van der Waals surface area contributed by atoms with Gasteiger partial charge in [0.25, 0.3) is 5.79 Å². The summed E-state index contributed by atoms with van der Waals surface area (Å²) in [7, 11) is 0. The Morgan fingerprint density at radius 1 is 0.839 bits per heavy atom. The third kappa shape index (κ3) is 5.92. The number of rotatable bonds is 12. The second-order valence-corrected chi connectivity index (χ2v) is 6.89. The summed E-state index contributed by atoms with van der Waals surface area (Å²) in [5, 5.41) is 4.40. The Hall–Kier alpha value is -2.71. The van der Waals surface area contributed by atoms with Crippen molar-refractivity contribution in [1.82, 2.24) is 9.94 Å². The Morgan fingerprint density at radius 3 is 1.94 bits per heavy atom. The lowest BCUT2D eigenvalue weighted by Gasteiger charge is -2.32. The van der Waals surface area contributed by atoms with Crippen molar-refractivity contribution >= 4 is 0 Å². The van der Waals surface area contributed by atoms with E-state index in [1.807, 2.05) is 64.2 Å². The van der Waals surface area contributed by atoms with E-state index in [9.17, 15) is 0 Å². The first kappa shape index (κ1) is 23.0. The van der Waals surface area contributed by atoms with Crippen molar-refractivity contribution in [2.45, 2.75) is 52.1 Å². The second kappa shape index (κ2) is 10.5. The molecule has 0 aliphatic heterocycles. The smallest absolute Gasteiger partial charge is 0.260 e. The Labute approximate surface area is 183 Å². The van der Waals surface area contributed by atoms with Crippen molar-refractivity contribution in [3.63, 3.8) is 0 Å². The topological polar surface area (TPSA) is 73.2 Å². The molecule has 0 spiro atoms. The molecule has 3 rings (SSSR count). The minimum Gasteiger partial charge on any atom is -0.494 e. The van der Waals surface area contributed by atoms with Crippen LogP contribution in [-0.2, 0) is 18.9 Å². The molecule has 0 aromatic carbocycles. The van der Waals surface area contributed by atoms with Crippen LogP contribution in [0.15, 0.2) is 60.2 Å². The highest BCUT2D eigenvalue weighted by Gasteiger charge is 2.35. The molecule has 0 bridgehead atoms. The van der Waals surface area contributed by atoms with Gasteiger partial charge in [-0.1, -0.05) is 9.94 Å². The van der Waals surface area contributed by atoms with Crippen LogP contribution in [0.2, 0.25) is 0 Å². The molecular formula is C23H32N2O6. The second-order valence-electron chi connectivity index (χ2n) is 6.89. The molecule has 1 aromatic rings. The molecule has 8 heteroatoms. The average Bonchev–Trinajstić information content (AvgIpc) is 3.18. The fourth-order valence-electron chi connectivity index (χ4n) is 3.36. The van der Waals surface area contributed by atoms with Crippen molar-refractivity contribution in [2.24, 2.45) is 0 Å². The van der Waals surface area contributed by atoms with Crippen LogP contribution in [0.4, 0.5) is 0 Å². The van der Waals surface area contributed by atoms with Crippen molar-refractivity contribution < 1.29 is 28.5 Å². The highest BCUT2D eigenvalue weighted by molar-refractivity contribution is 5.24. The number of hydrogen-bond acceptors (Lipinski definition) is 7. The summed E-state index contributed by atoms with van der Waals surface area (Å²) in [6.45, 7) is 9.94. The zero-order valence-electron chi connectivity index (χ0n) is 18.7. The van der Waals surface area contributed by atoms with Gasteiger partial charge in [0.05, 0.1) is 19.4 Å². The van der Waals surface area contributed by atoms with Crippen LogP contribution in [0.3, 0.4) is 0 Å². The number of allylic oxidation sites excluding steroid dienone is 2. The van der Waals surface area contributed by atoms with Gasteiger partial charge in [-0.05, 0) is 64.2 Å². The van der Waals surface area contributed by atoms with E-state index in [0.717, 1.165) is 11.5 Å². The summed E-state index contributed by atoms with van der Waals surface area (Å²) < 4.78 is 29.0. The monoisotopic (exact) mass is 432 g/mol. The van der Waals surface area contributed by atoms with Gasteiger partial charge in [0.2, 0.25) is 11.7 Å². The summed E-state index contributed by atoms with van der Waals surface area (Å²) in [5.41, 5.74) is 0. The van der Waals surface area contributed by atoms with Gasteiger partial charge in [-0.2, -0.15) is 0 Å². The molecule has 31 heavy (non-hydrogen) atoms. The molecule has 0 N–H and O–H groups in total. The average molecular weight is 433 g/mol. The van der Waals surface area contributed by atoms with Gasteiger partial charge in [-0.15, -0.1) is 0 Å². The van der Waals surface area contributed by atoms with Gasteiger partial charge in [0, 0.05) is 32.1 Å². The summed E-state index contributed by atoms with van der Waals surface area (Å²) >= 11 is 0.